The van der Waals surface area contributed by atoms with Gasteiger partial charge in [-0.2, -0.15) is 0 Å². The molecule has 1 N–H and O–H groups in total. The molecule has 2 aromatic carbocycles. The Morgan fingerprint density at radius 3 is 2.45 bits per heavy atom. The van der Waals surface area contributed by atoms with E-state index < -0.39 is 24.4 Å². The second-order valence-corrected chi connectivity index (χ2v) is 7.85. The number of anilines is 1. The highest BCUT2D eigenvalue weighted by atomic mass is 35.5. The summed E-state index contributed by atoms with van der Waals surface area (Å²) < 4.78 is 5.09. The van der Waals surface area contributed by atoms with E-state index in [-0.39, 0.29) is 18.9 Å². The number of halogens is 2. The first-order chi connectivity index (χ1) is 13.8. The van der Waals surface area contributed by atoms with Gasteiger partial charge in [0.15, 0.2) is 6.61 Å². The number of carbonyl (C=O) groups is 3. The SMILES string of the molecule is Cc1ccc(CN2C[C@@H](C(=O)OCC(=O)Nc3cc(Cl)cc(Cl)c3)CC2=O)cc1. The monoisotopic (exact) mass is 434 g/mol. The van der Waals surface area contributed by atoms with Crippen LogP contribution in [0.1, 0.15) is 17.5 Å². The van der Waals surface area contributed by atoms with E-state index in [4.69, 9.17) is 27.9 Å². The summed E-state index contributed by atoms with van der Waals surface area (Å²) in [6, 6.07) is 12.5. The Morgan fingerprint density at radius 1 is 1.14 bits per heavy atom. The lowest BCUT2D eigenvalue weighted by Crippen LogP contribution is -2.28. The number of hydrogen-bond donors (Lipinski definition) is 1. The lowest BCUT2D eigenvalue weighted by atomic mass is 10.1. The van der Waals surface area contributed by atoms with E-state index in [9.17, 15) is 14.4 Å². The Hall–Kier alpha value is -2.57. The summed E-state index contributed by atoms with van der Waals surface area (Å²) in [4.78, 5) is 38.1. The topological polar surface area (TPSA) is 75.7 Å². The largest absolute Gasteiger partial charge is 0.455 e. The van der Waals surface area contributed by atoms with Gasteiger partial charge in [0.25, 0.3) is 5.91 Å². The number of amides is 2. The van der Waals surface area contributed by atoms with Crippen LogP contribution < -0.4 is 5.32 Å². The lowest BCUT2D eigenvalue weighted by molar-refractivity contribution is -0.151. The first-order valence-electron chi connectivity index (χ1n) is 9.06. The Morgan fingerprint density at radius 2 is 1.79 bits per heavy atom. The average molecular weight is 435 g/mol. The standard InChI is InChI=1S/C21H20Cl2N2O4/c1-13-2-4-14(5-3-13)10-25-11-15(6-20(25)27)21(28)29-12-19(26)24-18-8-16(22)7-17(23)9-18/h2-5,7-9,15H,6,10-12H2,1H3,(H,24,26)/t15-/m0/s1. The second kappa shape index (κ2) is 9.29. The Balaban J connectivity index is 1.48. The molecule has 1 aliphatic heterocycles. The third-order valence-electron chi connectivity index (χ3n) is 4.53. The summed E-state index contributed by atoms with van der Waals surface area (Å²) in [5.41, 5.74) is 2.54. The minimum Gasteiger partial charge on any atom is -0.455 e. The van der Waals surface area contributed by atoms with E-state index in [1.807, 2.05) is 31.2 Å². The fraction of sp³-hybridized carbons (Fsp3) is 0.286. The molecule has 1 fully saturated rings. The maximum absolute atomic E-state index is 12.3. The van der Waals surface area contributed by atoms with Crippen molar-refractivity contribution in [1.29, 1.82) is 0 Å². The predicted molar refractivity (Wildman–Crippen MR) is 111 cm³/mol. The van der Waals surface area contributed by atoms with Gasteiger partial charge in [-0.1, -0.05) is 53.0 Å². The molecule has 1 saturated heterocycles. The third-order valence-corrected chi connectivity index (χ3v) is 4.97. The van der Waals surface area contributed by atoms with E-state index in [2.05, 4.69) is 5.32 Å². The summed E-state index contributed by atoms with van der Waals surface area (Å²) in [6.45, 7) is 2.26. The van der Waals surface area contributed by atoms with Gasteiger partial charge in [-0.15, -0.1) is 0 Å². The van der Waals surface area contributed by atoms with Gasteiger partial charge in [0.2, 0.25) is 5.91 Å². The molecule has 0 bridgehead atoms. The number of rotatable bonds is 6. The molecule has 0 aliphatic carbocycles. The minimum atomic E-state index is -0.582. The Labute approximate surface area is 178 Å². The van der Waals surface area contributed by atoms with Crippen molar-refractivity contribution in [2.75, 3.05) is 18.5 Å². The molecule has 0 radical (unpaired) electrons. The van der Waals surface area contributed by atoms with Crippen molar-refractivity contribution in [3.63, 3.8) is 0 Å². The van der Waals surface area contributed by atoms with Crippen LogP contribution in [-0.4, -0.2) is 35.8 Å². The lowest BCUT2D eigenvalue weighted by Gasteiger charge is -2.16. The highest BCUT2D eigenvalue weighted by Gasteiger charge is 2.35. The average Bonchev–Trinajstić information content (AvgIpc) is 3.01. The molecule has 1 heterocycles. The van der Waals surface area contributed by atoms with Crippen molar-refractivity contribution in [3.8, 4) is 0 Å². The van der Waals surface area contributed by atoms with Crippen LogP contribution in [-0.2, 0) is 25.7 Å². The van der Waals surface area contributed by atoms with Crippen LogP contribution in [0.3, 0.4) is 0 Å². The van der Waals surface area contributed by atoms with Gasteiger partial charge in [0.05, 0.1) is 5.92 Å². The number of benzene rings is 2. The molecule has 1 aliphatic rings. The molecule has 2 aromatic rings. The Bertz CT molecular complexity index is 911. The first kappa shape index (κ1) is 21.1. The van der Waals surface area contributed by atoms with Crippen LogP contribution in [0.15, 0.2) is 42.5 Å². The van der Waals surface area contributed by atoms with Gasteiger partial charge in [-0.25, -0.2) is 0 Å². The number of carbonyl (C=O) groups excluding carboxylic acids is 3. The van der Waals surface area contributed by atoms with Crippen LogP contribution >= 0.6 is 23.2 Å². The molecule has 0 spiro atoms. The molecule has 2 amide bonds. The number of aryl methyl sites for hydroxylation is 1. The van der Waals surface area contributed by atoms with Crippen molar-refractivity contribution >= 4 is 46.7 Å². The van der Waals surface area contributed by atoms with E-state index in [0.717, 1.165) is 11.1 Å². The Kier molecular flexibility index (Phi) is 6.77. The van der Waals surface area contributed by atoms with Crippen molar-refractivity contribution in [2.24, 2.45) is 5.92 Å². The van der Waals surface area contributed by atoms with Crippen molar-refractivity contribution in [1.82, 2.24) is 4.90 Å². The molecular formula is C21H20Cl2N2O4. The zero-order chi connectivity index (χ0) is 21.0. The molecule has 0 saturated carbocycles. The summed E-state index contributed by atoms with van der Waals surface area (Å²) in [5, 5.41) is 3.32. The number of ether oxygens (including phenoxy) is 1. The molecule has 152 valence electrons. The number of hydrogen-bond acceptors (Lipinski definition) is 4. The number of nitrogens with zero attached hydrogens (tertiary/aromatic N) is 1. The van der Waals surface area contributed by atoms with E-state index in [0.29, 0.717) is 22.3 Å². The van der Waals surface area contributed by atoms with Gasteiger partial charge in [0.1, 0.15) is 0 Å². The van der Waals surface area contributed by atoms with Crippen LogP contribution in [0.2, 0.25) is 10.0 Å². The molecule has 6 nitrogen and oxygen atoms in total. The van der Waals surface area contributed by atoms with E-state index in [1.165, 1.54) is 18.2 Å². The third kappa shape index (κ3) is 5.95. The summed E-state index contributed by atoms with van der Waals surface area (Å²) in [6.07, 6.45) is 0.0796. The summed E-state index contributed by atoms with van der Waals surface area (Å²) in [7, 11) is 0. The number of nitrogens with one attached hydrogen (secondary N) is 1. The minimum absolute atomic E-state index is 0.0796. The fourth-order valence-electron chi connectivity index (χ4n) is 3.07. The van der Waals surface area contributed by atoms with Gasteiger partial charge >= 0.3 is 5.97 Å². The number of esters is 1. The van der Waals surface area contributed by atoms with Crippen LogP contribution in [0.5, 0.6) is 0 Å². The van der Waals surface area contributed by atoms with Crippen LogP contribution in [0.25, 0.3) is 0 Å². The molecule has 3 rings (SSSR count). The summed E-state index contributed by atoms with van der Waals surface area (Å²) in [5.74, 6) is -1.77. The molecule has 1 atom stereocenters. The van der Waals surface area contributed by atoms with Gasteiger partial charge in [-0.05, 0) is 30.7 Å². The van der Waals surface area contributed by atoms with Gasteiger partial charge < -0.3 is 15.0 Å². The zero-order valence-electron chi connectivity index (χ0n) is 15.8. The van der Waals surface area contributed by atoms with E-state index in [1.54, 1.807) is 4.90 Å². The van der Waals surface area contributed by atoms with Crippen molar-refractivity contribution in [3.05, 3.63) is 63.6 Å². The maximum Gasteiger partial charge on any atom is 0.311 e. The molecule has 8 heteroatoms. The second-order valence-electron chi connectivity index (χ2n) is 6.97. The van der Waals surface area contributed by atoms with E-state index >= 15 is 0 Å². The molecule has 29 heavy (non-hydrogen) atoms. The normalized spacial score (nSPS) is 16.0. The molecule has 0 aromatic heterocycles. The van der Waals surface area contributed by atoms with Crippen molar-refractivity contribution < 1.29 is 19.1 Å². The smallest absolute Gasteiger partial charge is 0.311 e. The zero-order valence-corrected chi connectivity index (χ0v) is 17.3. The maximum atomic E-state index is 12.3. The fourth-order valence-corrected chi connectivity index (χ4v) is 3.60. The van der Waals surface area contributed by atoms with Crippen LogP contribution in [0.4, 0.5) is 5.69 Å². The quantitative estimate of drug-likeness (QED) is 0.700. The van der Waals surface area contributed by atoms with Gasteiger partial charge in [0, 0.05) is 35.2 Å². The first-order valence-corrected chi connectivity index (χ1v) is 9.81. The van der Waals surface area contributed by atoms with Gasteiger partial charge in [-0.3, -0.25) is 14.4 Å². The highest BCUT2D eigenvalue weighted by molar-refractivity contribution is 6.35. The predicted octanol–water partition coefficient (Wildman–Crippen LogP) is 3.83. The van der Waals surface area contributed by atoms with Crippen LogP contribution in [0, 0.1) is 12.8 Å². The number of likely N-dealkylation sites (tertiary alicyclic amines) is 1. The molecule has 0 unspecified atom stereocenters. The summed E-state index contributed by atoms with van der Waals surface area (Å²) >= 11 is 11.8. The van der Waals surface area contributed by atoms with Crippen molar-refractivity contribution in [2.45, 2.75) is 19.9 Å². The highest BCUT2D eigenvalue weighted by Crippen LogP contribution is 2.23. The molecular weight excluding hydrogens is 415 g/mol.